The molecule has 0 aliphatic carbocycles. The molecule has 0 spiro atoms. The third-order valence-electron chi connectivity index (χ3n) is 4.84. The second-order valence-corrected chi connectivity index (χ2v) is 8.84. The van der Waals surface area contributed by atoms with Gasteiger partial charge in [-0.15, -0.1) is 0 Å². The lowest BCUT2D eigenvalue weighted by atomic mass is 10.2. The van der Waals surface area contributed by atoms with Crippen molar-refractivity contribution in [2.45, 2.75) is 37.2 Å². The van der Waals surface area contributed by atoms with Crippen molar-refractivity contribution >= 4 is 21.7 Å². The second kappa shape index (κ2) is 8.24. The minimum absolute atomic E-state index is 0.00807. The number of anilines is 1. The predicted molar refractivity (Wildman–Crippen MR) is 106 cm³/mol. The molecule has 0 saturated carbocycles. The highest BCUT2D eigenvalue weighted by atomic mass is 32.2. The molecule has 1 aromatic carbocycles. The Kier molecular flexibility index (Phi) is 5.95. The third kappa shape index (κ3) is 4.15. The van der Waals surface area contributed by atoms with E-state index in [0.29, 0.717) is 23.9 Å². The standard InChI is InChI=1S/C19H25N5O3S/c1-14(25)24-11-7-10-17(24)19-21-15(12-18(20-2)22-19)13-23(3)28(26,27)16-8-5-4-6-9-16/h4-6,8-9,12,17H,7,10-11,13H2,1-3H3,(H,20,21,22)/t17-/m0/s1. The molecule has 150 valence electrons. The summed E-state index contributed by atoms with van der Waals surface area (Å²) in [4.78, 5) is 23.0. The van der Waals surface area contributed by atoms with E-state index < -0.39 is 10.0 Å². The minimum Gasteiger partial charge on any atom is -0.373 e. The summed E-state index contributed by atoms with van der Waals surface area (Å²) >= 11 is 0. The molecule has 1 atom stereocenters. The zero-order chi connectivity index (χ0) is 20.3. The highest BCUT2D eigenvalue weighted by Crippen LogP contribution is 2.30. The normalized spacial score (nSPS) is 17.1. The van der Waals surface area contributed by atoms with Crippen molar-refractivity contribution < 1.29 is 13.2 Å². The first-order valence-electron chi connectivity index (χ1n) is 9.17. The molecule has 1 fully saturated rings. The molecule has 1 N–H and O–H groups in total. The molecule has 1 aliphatic rings. The summed E-state index contributed by atoms with van der Waals surface area (Å²) < 4.78 is 26.8. The van der Waals surface area contributed by atoms with Crippen molar-refractivity contribution in [3.05, 3.63) is 47.9 Å². The molecule has 1 amide bonds. The number of amides is 1. The van der Waals surface area contributed by atoms with Gasteiger partial charge >= 0.3 is 0 Å². The van der Waals surface area contributed by atoms with Crippen LogP contribution in [0.15, 0.2) is 41.3 Å². The summed E-state index contributed by atoms with van der Waals surface area (Å²) in [7, 11) is -0.349. The van der Waals surface area contributed by atoms with E-state index in [1.54, 1.807) is 55.3 Å². The molecular formula is C19H25N5O3S. The number of nitrogens with zero attached hydrogens (tertiary/aromatic N) is 4. The van der Waals surface area contributed by atoms with E-state index in [1.165, 1.54) is 11.4 Å². The van der Waals surface area contributed by atoms with Crippen LogP contribution in [0.5, 0.6) is 0 Å². The fourth-order valence-electron chi connectivity index (χ4n) is 3.37. The number of aromatic nitrogens is 2. The van der Waals surface area contributed by atoms with Gasteiger partial charge in [-0.3, -0.25) is 4.79 Å². The molecule has 8 nitrogen and oxygen atoms in total. The Labute approximate surface area is 165 Å². The summed E-state index contributed by atoms with van der Waals surface area (Å²) in [6.07, 6.45) is 1.69. The Balaban J connectivity index is 1.89. The molecule has 3 rings (SSSR count). The molecule has 9 heteroatoms. The zero-order valence-corrected chi connectivity index (χ0v) is 17.1. The Morgan fingerprint density at radius 2 is 2.00 bits per heavy atom. The van der Waals surface area contributed by atoms with Crippen LogP contribution in [0.2, 0.25) is 0 Å². The van der Waals surface area contributed by atoms with Crippen LogP contribution in [0.1, 0.15) is 37.3 Å². The molecule has 0 unspecified atom stereocenters. The van der Waals surface area contributed by atoms with E-state index in [1.807, 2.05) is 0 Å². The van der Waals surface area contributed by atoms with Gasteiger partial charge in [0.2, 0.25) is 15.9 Å². The summed E-state index contributed by atoms with van der Waals surface area (Å²) in [5.74, 6) is 1.13. The molecule has 1 aliphatic heterocycles. The molecule has 0 radical (unpaired) electrons. The number of nitrogens with one attached hydrogen (secondary N) is 1. The number of carbonyl (C=O) groups excluding carboxylic acids is 1. The maximum atomic E-state index is 12.8. The predicted octanol–water partition coefficient (Wildman–Crippen LogP) is 2.02. The van der Waals surface area contributed by atoms with E-state index in [4.69, 9.17) is 0 Å². The van der Waals surface area contributed by atoms with Crippen LogP contribution < -0.4 is 5.32 Å². The van der Waals surface area contributed by atoms with Crippen LogP contribution in [0.3, 0.4) is 0 Å². The fraction of sp³-hybridized carbons (Fsp3) is 0.421. The molecule has 1 aromatic heterocycles. The average Bonchev–Trinajstić information content (AvgIpc) is 3.18. The van der Waals surface area contributed by atoms with Gasteiger partial charge in [0.05, 0.1) is 23.2 Å². The first kappa shape index (κ1) is 20.2. The molecule has 2 aromatic rings. The summed E-state index contributed by atoms with van der Waals surface area (Å²) in [5, 5.41) is 3.00. The Bertz CT molecular complexity index is 949. The fourth-order valence-corrected chi connectivity index (χ4v) is 4.54. The number of hydrogen-bond acceptors (Lipinski definition) is 6. The number of benzene rings is 1. The van der Waals surface area contributed by atoms with Crippen LogP contribution in [0.25, 0.3) is 0 Å². The quantitative estimate of drug-likeness (QED) is 0.793. The topological polar surface area (TPSA) is 95.5 Å². The number of likely N-dealkylation sites (tertiary alicyclic amines) is 1. The molecule has 1 saturated heterocycles. The van der Waals surface area contributed by atoms with Gasteiger partial charge in [-0.2, -0.15) is 4.31 Å². The van der Waals surface area contributed by atoms with Gasteiger partial charge in [0.25, 0.3) is 0 Å². The Hall–Kier alpha value is -2.52. The van der Waals surface area contributed by atoms with Crippen molar-refractivity contribution in [3.8, 4) is 0 Å². The van der Waals surface area contributed by atoms with Crippen molar-refractivity contribution in [1.82, 2.24) is 19.2 Å². The highest BCUT2D eigenvalue weighted by molar-refractivity contribution is 7.89. The van der Waals surface area contributed by atoms with Gasteiger partial charge in [0.15, 0.2) is 5.82 Å². The van der Waals surface area contributed by atoms with Crippen LogP contribution in [0.4, 0.5) is 5.82 Å². The van der Waals surface area contributed by atoms with Gasteiger partial charge in [0.1, 0.15) is 5.82 Å². The van der Waals surface area contributed by atoms with Gasteiger partial charge in [-0.1, -0.05) is 18.2 Å². The third-order valence-corrected chi connectivity index (χ3v) is 6.66. The SMILES string of the molecule is CNc1cc(CN(C)S(=O)(=O)c2ccccc2)nc([C@@H]2CCCN2C(C)=O)n1. The van der Waals surface area contributed by atoms with Crippen LogP contribution in [-0.2, 0) is 21.4 Å². The van der Waals surface area contributed by atoms with Gasteiger partial charge < -0.3 is 10.2 Å². The van der Waals surface area contributed by atoms with Crippen molar-refractivity contribution in [1.29, 1.82) is 0 Å². The molecule has 0 bridgehead atoms. The Morgan fingerprint density at radius 1 is 1.29 bits per heavy atom. The number of rotatable bonds is 6. The number of sulfonamides is 1. The Morgan fingerprint density at radius 3 is 2.64 bits per heavy atom. The molecular weight excluding hydrogens is 378 g/mol. The largest absolute Gasteiger partial charge is 0.373 e. The molecule has 28 heavy (non-hydrogen) atoms. The van der Waals surface area contributed by atoms with Crippen LogP contribution >= 0.6 is 0 Å². The average molecular weight is 404 g/mol. The summed E-state index contributed by atoms with van der Waals surface area (Å²) in [6, 6.07) is 9.85. The summed E-state index contributed by atoms with van der Waals surface area (Å²) in [5.41, 5.74) is 0.576. The smallest absolute Gasteiger partial charge is 0.243 e. The lowest BCUT2D eigenvalue weighted by Gasteiger charge is -2.23. The lowest BCUT2D eigenvalue weighted by molar-refractivity contribution is -0.129. The maximum absolute atomic E-state index is 12.8. The highest BCUT2D eigenvalue weighted by Gasteiger charge is 2.31. The van der Waals surface area contributed by atoms with E-state index in [9.17, 15) is 13.2 Å². The van der Waals surface area contributed by atoms with Gasteiger partial charge in [-0.05, 0) is 25.0 Å². The van der Waals surface area contributed by atoms with Gasteiger partial charge in [0, 0.05) is 33.6 Å². The van der Waals surface area contributed by atoms with Crippen molar-refractivity contribution in [2.75, 3.05) is 26.0 Å². The first-order valence-corrected chi connectivity index (χ1v) is 10.6. The van der Waals surface area contributed by atoms with Crippen LogP contribution in [0, 0.1) is 0 Å². The van der Waals surface area contributed by atoms with Gasteiger partial charge in [-0.25, -0.2) is 18.4 Å². The van der Waals surface area contributed by atoms with Crippen molar-refractivity contribution in [2.24, 2.45) is 0 Å². The number of hydrogen-bond donors (Lipinski definition) is 1. The molecule has 2 heterocycles. The van der Waals surface area contributed by atoms with Crippen molar-refractivity contribution in [3.63, 3.8) is 0 Å². The first-order chi connectivity index (χ1) is 13.3. The van der Waals surface area contributed by atoms with E-state index >= 15 is 0 Å². The van der Waals surface area contributed by atoms with E-state index in [2.05, 4.69) is 15.3 Å². The van der Waals surface area contributed by atoms with Crippen LogP contribution in [-0.4, -0.2) is 54.1 Å². The monoisotopic (exact) mass is 403 g/mol. The minimum atomic E-state index is -3.62. The lowest BCUT2D eigenvalue weighted by Crippen LogP contribution is -2.30. The van der Waals surface area contributed by atoms with E-state index in [-0.39, 0.29) is 23.4 Å². The zero-order valence-electron chi connectivity index (χ0n) is 16.3. The maximum Gasteiger partial charge on any atom is 0.243 e. The van der Waals surface area contributed by atoms with E-state index in [0.717, 1.165) is 12.8 Å². The number of carbonyl (C=O) groups is 1. The summed E-state index contributed by atoms with van der Waals surface area (Å²) in [6.45, 7) is 2.33. The second-order valence-electron chi connectivity index (χ2n) is 6.80.